The highest BCUT2D eigenvalue weighted by Gasteiger charge is 2.26. The molecule has 0 saturated carbocycles. The highest BCUT2D eigenvalue weighted by molar-refractivity contribution is 7.76. The fourth-order valence-electron chi connectivity index (χ4n) is 5.83. The highest BCUT2D eigenvalue weighted by Crippen LogP contribution is 2.38. The zero-order valence-corrected chi connectivity index (χ0v) is 29.7. The van der Waals surface area contributed by atoms with Crippen molar-refractivity contribution >= 4 is 52.4 Å². The van der Waals surface area contributed by atoms with Gasteiger partial charge in [0, 0.05) is 39.8 Å². The minimum atomic E-state index is -3.04. The summed E-state index contributed by atoms with van der Waals surface area (Å²) in [6.45, 7) is 7.75. The maximum absolute atomic E-state index is 14.4. The van der Waals surface area contributed by atoms with Gasteiger partial charge in [0.05, 0.1) is 10.4 Å². The van der Waals surface area contributed by atoms with Crippen LogP contribution in [0.2, 0.25) is 5.02 Å². The molecular formula is C38H42ClN4O2PS. The Morgan fingerprint density at radius 3 is 2.23 bits per heavy atom. The fraction of sp³-hybridized carbons (Fsp3) is 0.289. The number of ketones is 1. The third kappa shape index (κ3) is 8.65. The predicted molar refractivity (Wildman–Crippen MR) is 197 cm³/mol. The van der Waals surface area contributed by atoms with Crippen LogP contribution in [0.1, 0.15) is 69.9 Å². The average molecular weight is 685 g/mol. The molecule has 244 valence electrons. The van der Waals surface area contributed by atoms with Gasteiger partial charge in [-0.05, 0) is 91.3 Å². The van der Waals surface area contributed by atoms with Gasteiger partial charge >= 0.3 is 0 Å². The molecule has 5 rings (SSSR count). The van der Waals surface area contributed by atoms with Gasteiger partial charge in [0.25, 0.3) is 0 Å². The SMILES string of the molecule is CCC(CC)CCNc1ncncc1C(=O)c1cc(Cc2cc(Cl)ccc2CCNP(=O)(c2ccccc2)c2ccccc2)c(C)s1. The second-order valence-electron chi connectivity index (χ2n) is 11.7. The van der Waals surface area contributed by atoms with Crippen LogP contribution in [0.3, 0.4) is 0 Å². The first-order chi connectivity index (χ1) is 22.8. The number of hydrogen-bond donors (Lipinski definition) is 2. The van der Waals surface area contributed by atoms with E-state index in [1.807, 2.05) is 84.9 Å². The molecule has 6 nitrogen and oxygen atoms in total. The van der Waals surface area contributed by atoms with Crippen molar-refractivity contribution in [2.24, 2.45) is 5.92 Å². The monoisotopic (exact) mass is 684 g/mol. The number of aromatic nitrogens is 2. The van der Waals surface area contributed by atoms with Crippen molar-refractivity contribution in [3.63, 3.8) is 0 Å². The van der Waals surface area contributed by atoms with E-state index in [1.165, 1.54) is 17.7 Å². The third-order valence-corrected chi connectivity index (χ3v) is 12.8. The molecular weight excluding hydrogens is 643 g/mol. The van der Waals surface area contributed by atoms with Crippen LogP contribution in [0.5, 0.6) is 0 Å². The Kier molecular flexibility index (Phi) is 12.2. The number of thiophene rings is 1. The Labute approximate surface area is 287 Å². The number of anilines is 1. The van der Waals surface area contributed by atoms with Crippen molar-refractivity contribution in [1.29, 1.82) is 0 Å². The van der Waals surface area contributed by atoms with Crippen LogP contribution in [0.25, 0.3) is 0 Å². The van der Waals surface area contributed by atoms with Gasteiger partial charge in [0.15, 0.2) is 0 Å². The lowest BCUT2D eigenvalue weighted by Gasteiger charge is -2.21. The minimum absolute atomic E-state index is 0.0805. The standard InChI is InChI=1S/C38H42ClN4O2PS/c1-4-28(5-2)18-20-41-38-35(25-40-26-42-38)37(44)36-24-30(27(3)47-36)22-31-23-32(39)17-16-29(31)19-21-43-46(45,33-12-8-6-9-13-33)34-14-10-7-11-15-34/h6-17,23-26,28H,4-5,18-22H2,1-3H3,(H,43,45)(H,40,41,42). The summed E-state index contributed by atoms with van der Waals surface area (Å²) < 4.78 is 14.4. The smallest absolute Gasteiger partial charge is 0.208 e. The molecule has 2 aromatic heterocycles. The van der Waals surface area contributed by atoms with Crippen molar-refractivity contribution in [3.8, 4) is 0 Å². The fourth-order valence-corrected chi connectivity index (χ4v) is 9.30. The van der Waals surface area contributed by atoms with E-state index in [-0.39, 0.29) is 5.78 Å². The second kappa shape index (κ2) is 16.5. The van der Waals surface area contributed by atoms with E-state index in [1.54, 1.807) is 6.20 Å². The molecule has 5 aromatic rings. The normalized spacial score (nSPS) is 11.6. The molecule has 9 heteroatoms. The number of halogens is 1. The van der Waals surface area contributed by atoms with Crippen LogP contribution in [-0.4, -0.2) is 28.8 Å². The van der Waals surface area contributed by atoms with E-state index in [2.05, 4.69) is 41.1 Å². The largest absolute Gasteiger partial charge is 0.369 e. The van der Waals surface area contributed by atoms with E-state index < -0.39 is 7.29 Å². The molecule has 2 N–H and O–H groups in total. The first kappa shape index (κ1) is 34.7. The number of benzene rings is 3. The summed E-state index contributed by atoms with van der Waals surface area (Å²) in [6.07, 6.45) is 7.69. The van der Waals surface area contributed by atoms with Gasteiger partial charge in [-0.1, -0.05) is 80.8 Å². The maximum atomic E-state index is 14.4. The number of nitrogens with zero attached hydrogens (tertiary/aromatic N) is 2. The van der Waals surface area contributed by atoms with Crippen LogP contribution in [0, 0.1) is 12.8 Å². The molecule has 0 amide bonds. The molecule has 0 aliphatic heterocycles. The van der Waals surface area contributed by atoms with Gasteiger partial charge in [0.1, 0.15) is 12.1 Å². The van der Waals surface area contributed by atoms with E-state index in [0.29, 0.717) is 46.6 Å². The summed E-state index contributed by atoms with van der Waals surface area (Å²) in [4.78, 5) is 24.0. The molecule has 0 aliphatic rings. The van der Waals surface area contributed by atoms with Gasteiger partial charge in [-0.3, -0.25) is 14.4 Å². The van der Waals surface area contributed by atoms with Gasteiger partial charge in [-0.25, -0.2) is 9.97 Å². The van der Waals surface area contributed by atoms with E-state index in [4.69, 9.17) is 11.6 Å². The van der Waals surface area contributed by atoms with Crippen LogP contribution in [0.4, 0.5) is 5.82 Å². The number of carbonyl (C=O) groups excluding carboxylic acids is 1. The molecule has 0 aliphatic carbocycles. The zero-order valence-electron chi connectivity index (χ0n) is 27.2. The Hall–Kier alpha value is -3.61. The lowest BCUT2D eigenvalue weighted by Crippen LogP contribution is -2.29. The molecule has 0 atom stereocenters. The van der Waals surface area contributed by atoms with Crippen molar-refractivity contribution in [2.75, 3.05) is 18.4 Å². The Bertz CT molecular complexity index is 1780. The minimum Gasteiger partial charge on any atom is -0.369 e. The van der Waals surface area contributed by atoms with E-state index in [0.717, 1.165) is 58.0 Å². The number of rotatable bonds is 16. The van der Waals surface area contributed by atoms with Crippen molar-refractivity contribution < 1.29 is 9.36 Å². The zero-order chi connectivity index (χ0) is 33.2. The Morgan fingerprint density at radius 1 is 0.894 bits per heavy atom. The predicted octanol–water partition coefficient (Wildman–Crippen LogP) is 8.62. The molecule has 0 unspecified atom stereocenters. The highest BCUT2D eigenvalue weighted by atomic mass is 35.5. The van der Waals surface area contributed by atoms with E-state index >= 15 is 0 Å². The number of hydrogen-bond acceptors (Lipinski definition) is 6. The quantitative estimate of drug-likeness (QED) is 0.0800. The summed E-state index contributed by atoms with van der Waals surface area (Å²) in [5.74, 6) is 1.15. The summed E-state index contributed by atoms with van der Waals surface area (Å²) in [7, 11) is -3.04. The molecule has 0 fully saturated rings. The molecule has 3 aromatic carbocycles. The van der Waals surface area contributed by atoms with E-state index in [9.17, 15) is 9.36 Å². The topological polar surface area (TPSA) is 84.0 Å². The lowest BCUT2D eigenvalue weighted by molar-refractivity contribution is 0.104. The molecule has 0 saturated heterocycles. The van der Waals surface area contributed by atoms with Gasteiger partial charge in [-0.2, -0.15) is 0 Å². The lowest BCUT2D eigenvalue weighted by atomic mass is 9.97. The average Bonchev–Trinajstić information content (AvgIpc) is 3.47. The Balaban J connectivity index is 1.31. The van der Waals surface area contributed by atoms with Crippen LogP contribution >= 0.6 is 30.2 Å². The summed E-state index contributed by atoms with van der Waals surface area (Å²) in [5, 5.41) is 9.02. The first-order valence-corrected chi connectivity index (χ1v) is 19.1. The maximum Gasteiger partial charge on any atom is 0.208 e. The number of nitrogens with one attached hydrogen (secondary N) is 2. The third-order valence-electron chi connectivity index (χ3n) is 8.72. The van der Waals surface area contributed by atoms with Gasteiger partial charge < -0.3 is 5.32 Å². The Morgan fingerprint density at radius 2 is 1.57 bits per heavy atom. The number of carbonyl (C=O) groups is 1. The van der Waals surface area contributed by atoms with Gasteiger partial charge in [0.2, 0.25) is 13.1 Å². The number of aryl methyl sites for hydroxylation is 1. The van der Waals surface area contributed by atoms with Gasteiger partial charge in [-0.15, -0.1) is 11.3 Å². The molecule has 0 bridgehead atoms. The summed E-state index contributed by atoms with van der Waals surface area (Å²) in [6, 6.07) is 27.2. The van der Waals surface area contributed by atoms with Crippen molar-refractivity contribution in [2.45, 2.75) is 52.9 Å². The summed E-state index contributed by atoms with van der Waals surface area (Å²) in [5.41, 5.74) is 3.77. The van der Waals surface area contributed by atoms with Crippen molar-refractivity contribution in [1.82, 2.24) is 15.1 Å². The molecule has 47 heavy (non-hydrogen) atoms. The molecule has 0 radical (unpaired) electrons. The second-order valence-corrected chi connectivity index (χ2v) is 16.0. The molecule has 0 spiro atoms. The van der Waals surface area contributed by atoms with Crippen LogP contribution in [0.15, 0.2) is 97.5 Å². The van der Waals surface area contributed by atoms with Crippen molar-refractivity contribution in [3.05, 3.63) is 134 Å². The molecule has 2 heterocycles. The first-order valence-electron chi connectivity index (χ1n) is 16.2. The van der Waals surface area contributed by atoms with Crippen LogP contribution in [-0.2, 0) is 17.4 Å². The van der Waals surface area contributed by atoms with Crippen LogP contribution < -0.4 is 21.0 Å². The summed E-state index contributed by atoms with van der Waals surface area (Å²) >= 11 is 7.98.